The van der Waals surface area contributed by atoms with Crippen LogP contribution in [0.1, 0.15) is 44.9 Å². The summed E-state index contributed by atoms with van der Waals surface area (Å²) in [7, 11) is 0. The Balaban J connectivity index is 2.37. The van der Waals surface area contributed by atoms with Crippen molar-refractivity contribution in [1.82, 2.24) is 19.3 Å². The van der Waals surface area contributed by atoms with Gasteiger partial charge >= 0.3 is 0 Å². The molecule has 2 heterocycles. The molecular formula is C13H19N5S2. The number of hydrogen-bond donors (Lipinski definition) is 1. The normalized spacial score (nSPS) is 11.8. The number of hydrogen-bond acceptors (Lipinski definition) is 7. The van der Waals surface area contributed by atoms with Crippen LogP contribution in [0.15, 0.2) is 9.37 Å². The van der Waals surface area contributed by atoms with Crippen LogP contribution >= 0.6 is 23.3 Å². The van der Waals surface area contributed by atoms with Gasteiger partial charge in [-0.15, -0.1) is 0 Å². The van der Waals surface area contributed by atoms with Crippen LogP contribution in [0.2, 0.25) is 0 Å². The zero-order chi connectivity index (χ0) is 14.9. The van der Waals surface area contributed by atoms with Gasteiger partial charge in [-0.05, 0) is 30.2 Å². The Labute approximate surface area is 127 Å². The van der Waals surface area contributed by atoms with Crippen LogP contribution in [0.25, 0.3) is 0 Å². The molecule has 20 heavy (non-hydrogen) atoms. The van der Waals surface area contributed by atoms with E-state index < -0.39 is 0 Å². The van der Waals surface area contributed by atoms with Crippen molar-refractivity contribution in [2.24, 2.45) is 0 Å². The summed E-state index contributed by atoms with van der Waals surface area (Å²) in [6.07, 6.45) is 0.842. The van der Waals surface area contributed by atoms with Gasteiger partial charge in [0.2, 0.25) is 0 Å². The van der Waals surface area contributed by atoms with Gasteiger partial charge in [0.15, 0.2) is 4.34 Å². The van der Waals surface area contributed by atoms with Crippen molar-refractivity contribution in [3.63, 3.8) is 0 Å². The third-order valence-corrected chi connectivity index (χ3v) is 4.64. The van der Waals surface area contributed by atoms with Gasteiger partial charge in [0.25, 0.3) is 0 Å². The SMILES string of the molecule is CCc1nsc(Sc2nc(C(C)(C)C)nc(N)c2C)n1. The number of nitrogens with zero attached hydrogens (tertiary/aromatic N) is 4. The molecule has 5 nitrogen and oxygen atoms in total. The highest BCUT2D eigenvalue weighted by Crippen LogP contribution is 2.33. The van der Waals surface area contributed by atoms with Gasteiger partial charge in [-0.2, -0.15) is 4.37 Å². The summed E-state index contributed by atoms with van der Waals surface area (Å²) in [6.45, 7) is 10.2. The smallest absolute Gasteiger partial charge is 0.176 e. The minimum atomic E-state index is -0.132. The van der Waals surface area contributed by atoms with Crippen LogP contribution in [-0.4, -0.2) is 19.3 Å². The third-order valence-electron chi connectivity index (χ3n) is 2.76. The first kappa shape index (κ1) is 15.2. The predicted molar refractivity (Wildman–Crippen MR) is 83.3 cm³/mol. The second-order valence-electron chi connectivity index (χ2n) is 5.54. The highest BCUT2D eigenvalue weighted by Gasteiger charge is 2.21. The number of nitrogens with two attached hydrogens (primary N) is 1. The van der Waals surface area contributed by atoms with Crippen molar-refractivity contribution >= 4 is 29.1 Å². The summed E-state index contributed by atoms with van der Waals surface area (Å²) in [5.41, 5.74) is 6.77. The molecule has 0 aliphatic heterocycles. The van der Waals surface area contributed by atoms with Crippen molar-refractivity contribution in [1.29, 1.82) is 0 Å². The maximum absolute atomic E-state index is 6.01. The number of anilines is 1. The van der Waals surface area contributed by atoms with Crippen LogP contribution in [0, 0.1) is 6.92 Å². The fraction of sp³-hybridized carbons (Fsp3) is 0.538. The first-order chi connectivity index (χ1) is 9.31. The zero-order valence-electron chi connectivity index (χ0n) is 12.4. The zero-order valence-corrected chi connectivity index (χ0v) is 14.0. The van der Waals surface area contributed by atoms with E-state index in [1.165, 1.54) is 23.3 Å². The molecule has 0 aliphatic rings. The van der Waals surface area contributed by atoms with Crippen molar-refractivity contribution in [2.75, 3.05) is 5.73 Å². The van der Waals surface area contributed by atoms with E-state index in [-0.39, 0.29) is 5.41 Å². The Bertz CT molecular complexity index is 616. The monoisotopic (exact) mass is 309 g/mol. The van der Waals surface area contributed by atoms with Crippen LogP contribution in [-0.2, 0) is 11.8 Å². The number of aromatic nitrogens is 4. The van der Waals surface area contributed by atoms with E-state index >= 15 is 0 Å². The van der Waals surface area contributed by atoms with E-state index in [1.807, 2.05) is 13.8 Å². The molecule has 0 spiro atoms. The molecule has 2 aromatic heterocycles. The lowest BCUT2D eigenvalue weighted by atomic mass is 9.95. The number of rotatable bonds is 3. The van der Waals surface area contributed by atoms with Crippen molar-refractivity contribution in [3.05, 3.63) is 17.2 Å². The summed E-state index contributed by atoms with van der Waals surface area (Å²) in [6, 6.07) is 0. The Morgan fingerprint density at radius 2 is 1.90 bits per heavy atom. The maximum atomic E-state index is 6.01. The fourth-order valence-electron chi connectivity index (χ4n) is 1.45. The third kappa shape index (κ3) is 3.27. The summed E-state index contributed by atoms with van der Waals surface area (Å²) in [4.78, 5) is 13.5. The minimum Gasteiger partial charge on any atom is -0.383 e. The topological polar surface area (TPSA) is 77.6 Å². The quantitative estimate of drug-likeness (QED) is 0.877. The molecule has 0 amide bonds. The van der Waals surface area contributed by atoms with E-state index in [4.69, 9.17) is 5.73 Å². The molecule has 0 aromatic carbocycles. The van der Waals surface area contributed by atoms with Crippen molar-refractivity contribution in [2.45, 2.75) is 55.8 Å². The van der Waals surface area contributed by atoms with E-state index in [0.717, 1.165) is 33.0 Å². The first-order valence-corrected chi connectivity index (χ1v) is 8.05. The molecule has 2 aromatic rings. The fourth-order valence-corrected chi connectivity index (χ4v) is 3.16. The second-order valence-corrected chi connectivity index (χ2v) is 7.53. The lowest BCUT2D eigenvalue weighted by Gasteiger charge is -2.18. The van der Waals surface area contributed by atoms with E-state index in [2.05, 4.69) is 40.1 Å². The summed E-state index contributed by atoms with van der Waals surface area (Å²) >= 11 is 2.91. The molecule has 0 unspecified atom stereocenters. The Morgan fingerprint density at radius 1 is 1.20 bits per heavy atom. The summed E-state index contributed by atoms with van der Waals surface area (Å²) in [5.74, 6) is 2.16. The van der Waals surface area contributed by atoms with Crippen molar-refractivity contribution < 1.29 is 0 Å². The highest BCUT2D eigenvalue weighted by atomic mass is 32.2. The Hall–Kier alpha value is -1.21. The van der Waals surface area contributed by atoms with Crippen LogP contribution < -0.4 is 5.73 Å². The van der Waals surface area contributed by atoms with Crippen LogP contribution in [0.4, 0.5) is 5.82 Å². The first-order valence-electron chi connectivity index (χ1n) is 6.46. The summed E-state index contributed by atoms with van der Waals surface area (Å²) < 4.78 is 5.18. The lowest BCUT2D eigenvalue weighted by Crippen LogP contribution is -2.18. The molecule has 0 saturated carbocycles. The average Bonchev–Trinajstić information content (AvgIpc) is 2.81. The predicted octanol–water partition coefficient (Wildman–Crippen LogP) is 3.23. The van der Waals surface area contributed by atoms with Crippen LogP contribution in [0.5, 0.6) is 0 Å². The van der Waals surface area contributed by atoms with Gasteiger partial charge < -0.3 is 5.73 Å². The van der Waals surface area contributed by atoms with Gasteiger partial charge in [-0.1, -0.05) is 27.7 Å². The standard InChI is InChI=1S/C13H19N5S2/c1-6-8-15-12(20-18-8)19-10-7(2)9(14)16-11(17-10)13(3,4)5/h6H2,1-5H3,(H2,14,16,17). The Morgan fingerprint density at radius 3 is 2.45 bits per heavy atom. The van der Waals surface area contributed by atoms with E-state index in [0.29, 0.717) is 5.82 Å². The molecule has 2 rings (SSSR count). The lowest BCUT2D eigenvalue weighted by molar-refractivity contribution is 0.538. The molecule has 0 atom stereocenters. The number of nitrogen functional groups attached to an aromatic ring is 1. The highest BCUT2D eigenvalue weighted by molar-refractivity contribution is 8.00. The molecule has 0 fully saturated rings. The van der Waals surface area contributed by atoms with E-state index in [1.54, 1.807) is 0 Å². The largest absolute Gasteiger partial charge is 0.383 e. The molecule has 2 N–H and O–H groups in total. The van der Waals surface area contributed by atoms with Gasteiger partial charge in [0.1, 0.15) is 22.5 Å². The summed E-state index contributed by atoms with van der Waals surface area (Å²) in [5, 5.41) is 0.862. The average molecular weight is 309 g/mol. The molecule has 7 heteroatoms. The minimum absolute atomic E-state index is 0.132. The van der Waals surface area contributed by atoms with Gasteiger partial charge in [-0.25, -0.2) is 15.0 Å². The molecule has 0 radical (unpaired) electrons. The van der Waals surface area contributed by atoms with Gasteiger partial charge in [0.05, 0.1) is 0 Å². The van der Waals surface area contributed by atoms with Crippen molar-refractivity contribution in [3.8, 4) is 0 Å². The number of aryl methyl sites for hydroxylation is 1. The van der Waals surface area contributed by atoms with Gasteiger partial charge in [-0.3, -0.25) is 0 Å². The Kier molecular flexibility index (Phi) is 4.29. The van der Waals surface area contributed by atoms with E-state index in [9.17, 15) is 0 Å². The molecule has 0 aliphatic carbocycles. The second kappa shape index (κ2) is 5.65. The van der Waals surface area contributed by atoms with Gasteiger partial charge in [0, 0.05) is 17.4 Å². The molecular weight excluding hydrogens is 290 g/mol. The molecule has 108 valence electrons. The molecule has 0 bridgehead atoms. The molecule has 0 saturated heterocycles. The van der Waals surface area contributed by atoms with Crippen LogP contribution in [0.3, 0.4) is 0 Å². The maximum Gasteiger partial charge on any atom is 0.176 e.